The lowest BCUT2D eigenvalue weighted by Gasteiger charge is -2.30. The van der Waals surface area contributed by atoms with Crippen molar-refractivity contribution in [2.45, 2.75) is 70.8 Å². The lowest BCUT2D eigenvalue weighted by Crippen LogP contribution is -2.29. The summed E-state index contributed by atoms with van der Waals surface area (Å²) < 4.78 is 6.18. The van der Waals surface area contributed by atoms with Gasteiger partial charge in [0.15, 0.2) is 0 Å². The first-order valence-corrected chi connectivity index (χ1v) is 8.27. The van der Waals surface area contributed by atoms with Crippen LogP contribution in [0.5, 0.6) is 0 Å². The van der Waals surface area contributed by atoms with Crippen LogP contribution in [0.4, 0.5) is 0 Å². The number of ether oxygens (including phenoxy) is 1. The standard InChI is InChI=1S/C15H25NOS/c1-3-9-13-12-18-14(16-13)15(17-4-2)10-7-5-6-8-11-15/h12H,3-11H2,1-2H3. The highest BCUT2D eigenvalue weighted by Crippen LogP contribution is 2.40. The van der Waals surface area contributed by atoms with E-state index in [1.165, 1.54) is 42.8 Å². The third-order valence-corrected chi connectivity index (χ3v) is 4.86. The molecule has 2 rings (SSSR count). The van der Waals surface area contributed by atoms with Crippen molar-refractivity contribution in [2.24, 2.45) is 0 Å². The normalized spacial score (nSPS) is 19.7. The van der Waals surface area contributed by atoms with Crippen LogP contribution in [0.2, 0.25) is 0 Å². The van der Waals surface area contributed by atoms with Gasteiger partial charge >= 0.3 is 0 Å². The van der Waals surface area contributed by atoms with Crippen LogP contribution < -0.4 is 0 Å². The number of rotatable bonds is 5. The van der Waals surface area contributed by atoms with E-state index in [0.29, 0.717) is 0 Å². The van der Waals surface area contributed by atoms with Gasteiger partial charge in [-0.05, 0) is 26.2 Å². The van der Waals surface area contributed by atoms with Gasteiger partial charge in [-0.25, -0.2) is 4.98 Å². The minimum atomic E-state index is -0.0676. The molecule has 0 aliphatic heterocycles. The van der Waals surface area contributed by atoms with E-state index in [2.05, 4.69) is 19.2 Å². The van der Waals surface area contributed by atoms with Crippen molar-refractivity contribution in [3.63, 3.8) is 0 Å². The molecular formula is C15H25NOS. The summed E-state index contributed by atoms with van der Waals surface area (Å²) in [5.74, 6) is 0. The van der Waals surface area contributed by atoms with Crippen molar-refractivity contribution >= 4 is 11.3 Å². The van der Waals surface area contributed by atoms with E-state index in [1.54, 1.807) is 0 Å². The van der Waals surface area contributed by atoms with Gasteiger partial charge in [-0.15, -0.1) is 11.3 Å². The van der Waals surface area contributed by atoms with Crippen LogP contribution in [0.25, 0.3) is 0 Å². The summed E-state index contributed by atoms with van der Waals surface area (Å²) in [7, 11) is 0. The average Bonchev–Trinajstić information content (AvgIpc) is 2.70. The van der Waals surface area contributed by atoms with Crippen molar-refractivity contribution in [1.82, 2.24) is 4.98 Å². The SMILES string of the molecule is CCCc1csc(C2(OCC)CCCCCC2)n1. The van der Waals surface area contributed by atoms with Crippen molar-refractivity contribution in [1.29, 1.82) is 0 Å². The van der Waals surface area contributed by atoms with Crippen molar-refractivity contribution in [3.05, 3.63) is 16.1 Å². The van der Waals surface area contributed by atoms with Crippen LogP contribution in [-0.2, 0) is 16.8 Å². The Bertz CT molecular complexity index is 353. The Kier molecular flexibility index (Phi) is 5.19. The van der Waals surface area contributed by atoms with Gasteiger partial charge in [-0.3, -0.25) is 0 Å². The van der Waals surface area contributed by atoms with Gasteiger partial charge in [0, 0.05) is 12.0 Å². The van der Waals surface area contributed by atoms with Crippen molar-refractivity contribution < 1.29 is 4.74 Å². The van der Waals surface area contributed by atoms with Crippen LogP contribution in [-0.4, -0.2) is 11.6 Å². The second-order valence-corrected chi connectivity index (χ2v) is 6.09. The minimum Gasteiger partial charge on any atom is -0.368 e. The van der Waals surface area contributed by atoms with Gasteiger partial charge in [-0.2, -0.15) is 0 Å². The number of hydrogen-bond acceptors (Lipinski definition) is 3. The summed E-state index contributed by atoms with van der Waals surface area (Å²) >= 11 is 1.81. The summed E-state index contributed by atoms with van der Waals surface area (Å²) in [6.45, 7) is 5.11. The highest BCUT2D eigenvalue weighted by atomic mass is 32.1. The molecule has 1 fully saturated rings. The summed E-state index contributed by atoms with van der Waals surface area (Å²) in [6.07, 6.45) is 9.83. The lowest BCUT2D eigenvalue weighted by molar-refractivity contribution is -0.0560. The third kappa shape index (κ3) is 3.12. The number of aryl methyl sites for hydroxylation is 1. The molecule has 2 nitrogen and oxygen atoms in total. The maximum Gasteiger partial charge on any atom is 0.125 e. The molecule has 1 aliphatic carbocycles. The van der Waals surface area contributed by atoms with E-state index < -0.39 is 0 Å². The lowest BCUT2D eigenvalue weighted by atomic mass is 9.95. The Hall–Kier alpha value is -0.410. The molecule has 0 aromatic carbocycles. The molecule has 0 radical (unpaired) electrons. The Labute approximate surface area is 115 Å². The van der Waals surface area contributed by atoms with Gasteiger partial charge in [0.2, 0.25) is 0 Å². The molecule has 0 atom stereocenters. The van der Waals surface area contributed by atoms with Gasteiger partial charge in [-0.1, -0.05) is 39.0 Å². The number of thiazole rings is 1. The molecule has 0 N–H and O–H groups in total. The van der Waals surface area contributed by atoms with E-state index in [4.69, 9.17) is 9.72 Å². The summed E-state index contributed by atoms with van der Waals surface area (Å²) in [5, 5.41) is 3.46. The minimum absolute atomic E-state index is 0.0676. The Morgan fingerprint density at radius 3 is 2.56 bits per heavy atom. The van der Waals surface area contributed by atoms with Crippen LogP contribution in [0.1, 0.15) is 69.5 Å². The van der Waals surface area contributed by atoms with Crippen LogP contribution in [0.15, 0.2) is 5.38 Å². The highest BCUT2D eigenvalue weighted by molar-refractivity contribution is 7.09. The Morgan fingerprint density at radius 2 is 1.94 bits per heavy atom. The molecule has 0 unspecified atom stereocenters. The van der Waals surface area contributed by atoms with Gasteiger partial charge in [0.25, 0.3) is 0 Å². The fraction of sp³-hybridized carbons (Fsp3) is 0.800. The van der Waals surface area contributed by atoms with Gasteiger partial charge < -0.3 is 4.74 Å². The number of hydrogen-bond donors (Lipinski definition) is 0. The molecule has 3 heteroatoms. The molecule has 0 saturated heterocycles. The summed E-state index contributed by atoms with van der Waals surface area (Å²) in [4.78, 5) is 4.85. The fourth-order valence-corrected chi connectivity index (χ4v) is 3.95. The predicted molar refractivity (Wildman–Crippen MR) is 77.1 cm³/mol. The first-order chi connectivity index (χ1) is 8.80. The van der Waals surface area contributed by atoms with Crippen LogP contribution in [0.3, 0.4) is 0 Å². The molecule has 0 bridgehead atoms. The molecule has 18 heavy (non-hydrogen) atoms. The second-order valence-electron chi connectivity index (χ2n) is 5.24. The average molecular weight is 267 g/mol. The molecule has 1 aromatic heterocycles. The van der Waals surface area contributed by atoms with Gasteiger partial charge in [0.1, 0.15) is 10.6 Å². The van der Waals surface area contributed by atoms with E-state index in [1.807, 2.05) is 11.3 Å². The quantitative estimate of drug-likeness (QED) is 0.723. The molecule has 1 aliphatic rings. The monoisotopic (exact) mass is 267 g/mol. The third-order valence-electron chi connectivity index (χ3n) is 3.78. The second kappa shape index (κ2) is 6.67. The Balaban J connectivity index is 2.20. The maximum absolute atomic E-state index is 6.18. The van der Waals surface area contributed by atoms with E-state index >= 15 is 0 Å². The fourth-order valence-electron chi connectivity index (χ4n) is 2.88. The van der Waals surface area contributed by atoms with Gasteiger partial charge in [0.05, 0.1) is 5.69 Å². The molecule has 1 aromatic rings. The molecule has 102 valence electrons. The largest absolute Gasteiger partial charge is 0.368 e. The molecule has 1 saturated carbocycles. The zero-order valence-corrected chi connectivity index (χ0v) is 12.5. The topological polar surface area (TPSA) is 22.1 Å². The summed E-state index contributed by atoms with van der Waals surface area (Å²) in [6, 6.07) is 0. The smallest absolute Gasteiger partial charge is 0.125 e. The first kappa shape index (κ1) is 14.0. The molecule has 1 heterocycles. The number of aromatic nitrogens is 1. The molecule has 0 amide bonds. The van der Waals surface area contributed by atoms with Crippen molar-refractivity contribution in [2.75, 3.05) is 6.61 Å². The predicted octanol–water partition coefficient (Wildman–Crippen LogP) is 4.68. The molecule has 0 spiro atoms. The highest BCUT2D eigenvalue weighted by Gasteiger charge is 2.36. The first-order valence-electron chi connectivity index (χ1n) is 7.39. The van der Waals surface area contributed by atoms with Crippen LogP contribution >= 0.6 is 11.3 Å². The number of nitrogens with zero attached hydrogens (tertiary/aromatic N) is 1. The van der Waals surface area contributed by atoms with E-state index in [0.717, 1.165) is 25.9 Å². The Morgan fingerprint density at radius 1 is 1.22 bits per heavy atom. The maximum atomic E-state index is 6.18. The van der Waals surface area contributed by atoms with Crippen LogP contribution in [0, 0.1) is 0 Å². The zero-order chi connectivity index (χ0) is 12.8. The summed E-state index contributed by atoms with van der Waals surface area (Å²) in [5.41, 5.74) is 1.18. The van der Waals surface area contributed by atoms with E-state index in [9.17, 15) is 0 Å². The molecular weight excluding hydrogens is 242 g/mol. The van der Waals surface area contributed by atoms with Crippen molar-refractivity contribution in [3.8, 4) is 0 Å². The zero-order valence-electron chi connectivity index (χ0n) is 11.7. The van der Waals surface area contributed by atoms with E-state index in [-0.39, 0.29) is 5.60 Å².